The molecule has 2 unspecified atom stereocenters. The van der Waals surface area contributed by atoms with Crippen molar-refractivity contribution in [2.45, 2.75) is 45.3 Å². The minimum absolute atomic E-state index is 0.00665. The smallest absolute Gasteiger partial charge is 0.234 e. The summed E-state index contributed by atoms with van der Waals surface area (Å²) in [6.07, 6.45) is 2.19. The molecule has 0 radical (unpaired) electrons. The molecule has 0 saturated carbocycles. The highest BCUT2D eigenvalue weighted by Crippen LogP contribution is 1.94. The van der Waals surface area contributed by atoms with Gasteiger partial charge in [-0.1, -0.05) is 13.3 Å². The molecular weight excluding hydrogens is 220 g/mol. The second-order valence-electron chi connectivity index (χ2n) is 4.33. The third-order valence-electron chi connectivity index (χ3n) is 2.43. The van der Waals surface area contributed by atoms with Gasteiger partial charge in [-0.2, -0.15) is 0 Å². The van der Waals surface area contributed by atoms with Gasteiger partial charge in [-0.3, -0.25) is 4.79 Å². The lowest BCUT2D eigenvalue weighted by Crippen LogP contribution is -2.39. The van der Waals surface area contributed by atoms with Crippen molar-refractivity contribution in [3.05, 3.63) is 0 Å². The molecule has 102 valence electrons. The summed E-state index contributed by atoms with van der Waals surface area (Å²) < 4.78 is 4.80. The van der Waals surface area contributed by atoms with E-state index in [9.17, 15) is 9.90 Å². The average molecular weight is 246 g/mol. The molecule has 2 atom stereocenters. The Balaban J connectivity index is 3.45. The van der Waals surface area contributed by atoms with E-state index >= 15 is 0 Å². The van der Waals surface area contributed by atoms with Crippen LogP contribution in [-0.2, 0) is 9.53 Å². The summed E-state index contributed by atoms with van der Waals surface area (Å²) in [5.74, 6) is 0.00665. The van der Waals surface area contributed by atoms with Gasteiger partial charge in [-0.15, -0.1) is 0 Å². The molecule has 0 bridgehead atoms. The van der Waals surface area contributed by atoms with Gasteiger partial charge < -0.3 is 20.5 Å². The second kappa shape index (κ2) is 10.5. The normalized spacial score (nSPS) is 14.4. The first-order valence-corrected chi connectivity index (χ1v) is 6.27. The van der Waals surface area contributed by atoms with Crippen LogP contribution in [0.1, 0.15) is 33.1 Å². The van der Waals surface area contributed by atoms with Crippen molar-refractivity contribution in [1.29, 1.82) is 0 Å². The first-order chi connectivity index (χ1) is 8.10. The number of methoxy groups -OCH3 is 1. The number of carbonyl (C=O) groups excluding carboxylic acids is 1. The first-order valence-electron chi connectivity index (χ1n) is 6.27. The van der Waals surface area contributed by atoms with E-state index in [1.807, 2.05) is 6.92 Å². The average Bonchev–Trinajstić information content (AvgIpc) is 2.25. The zero-order valence-electron chi connectivity index (χ0n) is 11.2. The maximum absolute atomic E-state index is 11.4. The molecule has 0 aliphatic carbocycles. The first kappa shape index (κ1) is 16.4. The standard InChI is InChI=1S/C12H26N2O3/c1-4-5-10(2)14-12(16)8-13-7-6-11(15)9-17-3/h10-11,13,15H,4-9H2,1-3H3,(H,14,16). The second-order valence-corrected chi connectivity index (χ2v) is 4.33. The van der Waals surface area contributed by atoms with Gasteiger partial charge in [-0.25, -0.2) is 0 Å². The Morgan fingerprint density at radius 3 is 2.71 bits per heavy atom. The monoisotopic (exact) mass is 246 g/mol. The van der Waals surface area contributed by atoms with Crippen molar-refractivity contribution in [2.75, 3.05) is 26.8 Å². The number of hydrogen-bond donors (Lipinski definition) is 3. The van der Waals surface area contributed by atoms with E-state index in [0.29, 0.717) is 26.1 Å². The van der Waals surface area contributed by atoms with Gasteiger partial charge in [-0.05, 0) is 26.3 Å². The predicted molar refractivity (Wildman–Crippen MR) is 67.9 cm³/mol. The summed E-state index contributed by atoms with van der Waals surface area (Å²) in [4.78, 5) is 11.4. The van der Waals surface area contributed by atoms with Crippen LogP contribution < -0.4 is 10.6 Å². The Labute approximate surface area is 104 Å². The lowest BCUT2D eigenvalue weighted by Gasteiger charge is -2.13. The fourth-order valence-electron chi connectivity index (χ4n) is 1.58. The molecule has 0 aromatic rings. The van der Waals surface area contributed by atoms with E-state index in [-0.39, 0.29) is 11.9 Å². The van der Waals surface area contributed by atoms with Gasteiger partial charge in [0.05, 0.1) is 19.3 Å². The van der Waals surface area contributed by atoms with Crippen LogP contribution in [0.15, 0.2) is 0 Å². The van der Waals surface area contributed by atoms with E-state index in [1.54, 1.807) is 7.11 Å². The largest absolute Gasteiger partial charge is 0.391 e. The van der Waals surface area contributed by atoms with Gasteiger partial charge in [0.1, 0.15) is 0 Å². The number of amides is 1. The highest BCUT2D eigenvalue weighted by Gasteiger charge is 2.06. The number of nitrogens with one attached hydrogen (secondary N) is 2. The third kappa shape index (κ3) is 10.2. The number of rotatable bonds is 10. The molecule has 0 saturated heterocycles. The minimum atomic E-state index is -0.463. The molecule has 5 nitrogen and oxygen atoms in total. The fourth-order valence-corrected chi connectivity index (χ4v) is 1.58. The Kier molecular flexibility index (Phi) is 10.1. The highest BCUT2D eigenvalue weighted by molar-refractivity contribution is 5.78. The molecule has 0 spiro atoms. The van der Waals surface area contributed by atoms with Crippen molar-refractivity contribution < 1.29 is 14.6 Å². The summed E-state index contributed by atoms with van der Waals surface area (Å²) >= 11 is 0. The molecule has 17 heavy (non-hydrogen) atoms. The molecule has 5 heteroatoms. The van der Waals surface area contributed by atoms with Gasteiger partial charge in [0.2, 0.25) is 5.91 Å². The summed E-state index contributed by atoms with van der Waals surface area (Å²) in [7, 11) is 1.55. The van der Waals surface area contributed by atoms with Gasteiger partial charge in [0.15, 0.2) is 0 Å². The zero-order valence-corrected chi connectivity index (χ0v) is 11.2. The topological polar surface area (TPSA) is 70.6 Å². The Bertz CT molecular complexity index is 200. The van der Waals surface area contributed by atoms with Gasteiger partial charge >= 0.3 is 0 Å². The molecule has 0 aliphatic heterocycles. The van der Waals surface area contributed by atoms with E-state index < -0.39 is 6.10 Å². The highest BCUT2D eigenvalue weighted by atomic mass is 16.5. The lowest BCUT2D eigenvalue weighted by molar-refractivity contribution is -0.120. The number of aliphatic hydroxyl groups is 1. The van der Waals surface area contributed by atoms with Crippen molar-refractivity contribution in [3.8, 4) is 0 Å². The maximum Gasteiger partial charge on any atom is 0.234 e. The van der Waals surface area contributed by atoms with Crippen LogP contribution in [0, 0.1) is 0 Å². The van der Waals surface area contributed by atoms with E-state index in [0.717, 1.165) is 12.8 Å². The molecule has 0 heterocycles. The molecule has 0 aromatic heterocycles. The minimum Gasteiger partial charge on any atom is -0.391 e. The molecular formula is C12H26N2O3. The Morgan fingerprint density at radius 2 is 2.12 bits per heavy atom. The SMILES string of the molecule is CCCC(C)NC(=O)CNCCC(O)COC. The number of ether oxygens (including phenoxy) is 1. The molecule has 0 aromatic carbocycles. The summed E-state index contributed by atoms with van der Waals surface area (Å²) in [6, 6.07) is 0.230. The van der Waals surface area contributed by atoms with Crippen molar-refractivity contribution in [1.82, 2.24) is 10.6 Å². The van der Waals surface area contributed by atoms with Crippen LogP contribution >= 0.6 is 0 Å². The maximum atomic E-state index is 11.4. The molecule has 1 amide bonds. The quantitative estimate of drug-likeness (QED) is 0.484. The summed E-state index contributed by atoms with van der Waals surface area (Å²) in [6.45, 7) is 5.34. The van der Waals surface area contributed by atoms with Crippen molar-refractivity contribution in [2.24, 2.45) is 0 Å². The number of aliphatic hydroxyl groups excluding tert-OH is 1. The molecule has 0 rings (SSSR count). The van der Waals surface area contributed by atoms with Gasteiger partial charge in [0, 0.05) is 13.2 Å². The predicted octanol–water partition coefficient (Wildman–Crippen LogP) is 0.278. The zero-order chi connectivity index (χ0) is 13.1. The third-order valence-corrected chi connectivity index (χ3v) is 2.43. The van der Waals surface area contributed by atoms with Crippen molar-refractivity contribution >= 4 is 5.91 Å². The lowest BCUT2D eigenvalue weighted by atomic mass is 10.2. The summed E-state index contributed by atoms with van der Waals surface area (Å²) in [5.41, 5.74) is 0. The van der Waals surface area contributed by atoms with Crippen molar-refractivity contribution in [3.63, 3.8) is 0 Å². The van der Waals surface area contributed by atoms with Crippen LogP contribution in [0.4, 0.5) is 0 Å². The number of carbonyl (C=O) groups is 1. The van der Waals surface area contributed by atoms with Crippen LogP contribution in [-0.4, -0.2) is 50.0 Å². The number of hydrogen-bond acceptors (Lipinski definition) is 4. The Morgan fingerprint density at radius 1 is 1.41 bits per heavy atom. The Hall–Kier alpha value is -0.650. The van der Waals surface area contributed by atoms with E-state index in [4.69, 9.17) is 4.74 Å². The van der Waals surface area contributed by atoms with Crippen LogP contribution in [0.2, 0.25) is 0 Å². The van der Waals surface area contributed by atoms with Crippen LogP contribution in [0.25, 0.3) is 0 Å². The van der Waals surface area contributed by atoms with Crippen LogP contribution in [0.3, 0.4) is 0 Å². The molecule has 0 fully saturated rings. The van der Waals surface area contributed by atoms with E-state index in [2.05, 4.69) is 17.6 Å². The molecule has 0 aliphatic rings. The fraction of sp³-hybridized carbons (Fsp3) is 0.917. The van der Waals surface area contributed by atoms with Gasteiger partial charge in [0.25, 0.3) is 0 Å². The summed E-state index contributed by atoms with van der Waals surface area (Å²) in [5, 5.41) is 15.3. The molecule has 3 N–H and O–H groups in total. The van der Waals surface area contributed by atoms with Crippen LogP contribution in [0.5, 0.6) is 0 Å². The van der Waals surface area contributed by atoms with E-state index in [1.165, 1.54) is 0 Å².